The summed E-state index contributed by atoms with van der Waals surface area (Å²) in [4.78, 5) is 11.9. The summed E-state index contributed by atoms with van der Waals surface area (Å²) in [5.41, 5.74) is 0. The fourth-order valence-corrected chi connectivity index (χ4v) is 3.57. The monoisotopic (exact) mass is 252 g/mol. The van der Waals surface area contributed by atoms with E-state index in [9.17, 15) is 4.79 Å². The van der Waals surface area contributed by atoms with Gasteiger partial charge in [-0.2, -0.15) is 0 Å². The van der Waals surface area contributed by atoms with E-state index < -0.39 is 0 Å². The molecular weight excluding hydrogens is 228 g/mol. The van der Waals surface area contributed by atoms with Crippen molar-refractivity contribution in [2.75, 3.05) is 13.1 Å². The SMILES string of the molecule is O=C(CCC1CCNCC1)N[C@@H]1C[C@H]2CC[C@@H]1O2. The smallest absolute Gasteiger partial charge is 0.220 e. The third-order valence-electron chi connectivity index (χ3n) is 4.69. The number of ether oxygens (including phenoxy) is 1. The summed E-state index contributed by atoms with van der Waals surface area (Å²) in [6.45, 7) is 2.24. The lowest BCUT2D eigenvalue weighted by molar-refractivity contribution is -0.122. The van der Waals surface area contributed by atoms with Gasteiger partial charge in [-0.15, -0.1) is 0 Å². The van der Waals surface area contributed by atoms with Crippen LogP contribution < -0.4 is 10.6 Å². The predicted octanol–water partition coefficient (Wildman–Crippen LogP) is 1.20. The summed E-state index contributed by atoms with van der Waals surface area (Å²) in [6, 6.07) is 0.296. The number of piperidine rings is 1. The first-order valence-electron chi connectivity index (χ1n) is 7.47. The number of hydrogen-bond donors (Lipinski definition) is 2. The molecule has 1 amide bonds. The van der Waals surface area contributed by atoms with Gasteiger partial charge in [0, 0.05) is 6.42 Å². The Morgan fingerprint density at radius 1 is 1.22 bits per heavy atom. The van der Waals surface area contributed by atoms with Crippen LogP contribution in [0.25, 0.3) is 0 Å². The molecule has 3 aliphatic rings. The highest BCUT2D eigenvalue weighted by atomic mass is 16.5. The Morgan fingerprint density at radius 2 is 2.06 bits per heavy atom. The Bertz CT molecular complexity index is 302. The fourth-order valence-electron chi connectivity index (χ4n) is 3.57. The molecule has 102 valence electrons. The molecule has 3 aliphatic heterocycles. The maximum Gasteiger partial charge on any atom is 0.220 e. The molecule has 0 aromatic rings. The van der Waals surface area contributed by atoms with Gasteiger partial charge in [0.1, 0.15) is 0 Å². The van der Waals surface area contributed by atoms with Crippen LogP contribution in [0, 0.1) is 5.92 Å². The van der Waals surface area contributed by atoms with Gasteiger partial charge in [0.25, 0.3) is 0 Å². The molecule has 4 nitrogen and oxygen atoms in total. The number of carbonyl (C=O) groups excluding carboxylic acids is 1. The molecule has 3 atom stereocenters. The van der Waals surface area contributed by atoms with Crippen LogP contribution in [0.5, 0.6) is 0 Å². The highest BCUT2D eigenvalue weighted by Crippen LogP contribution is 2.34. The number of fused-ring (bicyclic) bond motifs is 2. The van der Waals surface area contributed by atoms with Crippen LogP contribution in [0.1, 0.15) is 44.9 Å². The van der Waals surface area contributed by atoms with Gasteiger partial charge in [-0.1, -0.05) is 0 Å². The van der Waals surface area contributed by atoms with E-state index in [0.717, 1.165) is 38.3 Å². The second-order valence-corrected chi connectivity index (χ2v) is 6.02. The Balaban J connectivity index is 1.36. The second kappa shape index (κ2) is 5.57. The van der Waals surface area contributed by atoms with Crippen LogP contribution >= 0.6 is 0 Å². The maximum atomic E-state index is 11.9. The van der Waals surface area contributed by atoms with E-state index in [4.69, 9.17) is 4.74 Å². The second-order valence-electron chi connectivity index (χ2n) is 6.02. The first-order chi connectivity index (χ1) is 8.81. The van der Waals surface area contributed by atoms with Crippen molar-refractivity contribution in [1.29, 1.82) is 0 Å². The van der Waals surface area contributed by atoms with Crippen molar-refractivity contribution in [3.05, 3.63) is 0 Å². The number of rotatable bonds is 4. The molecule has 0 saturated carbocycles. The molecule has 0 aromatic heterocycles. The normalized spacial score (nSPS) is 35.9. The Labute approximate surface area is 109 Å². The van der Waals surface area contributed by atoms with Crippen LogP contribution in [0.2, 0.25) is 0 Å². The Kier molecular flexibility index (Phi) is 3.85. The van der Waals surface area contributed by atoms with E-state index >= 15 is 0 Å². The summed E-state index contributed by atoms with van der Waals surface area (Å²) in [7, 11) is 0. The molecule has 2 N–H and O–H groups in total. The molecule has 0 radical (unpaired) electrons. The van der Waals surface area contributed by atoms with Crippen molar-refractivity contribution in [2.24, 2.45) is 5.92 Å². The fraction of sp³-hybridized carbons (Fsp3) is 0.929. The molecule has 3 rings (SSSR count). The van der Waals surface area contributed by atoms with Crippen LogP contribution in [-0.2, 0) is 9.53 Å². The van der Waals surface area contributed by atoms with E-state index in [2.05, 4.69) is 10.6 Å². The van der Waals surface area contributed by atoms with Crippen molar-refractivity contribution in [2.45, 2.75) is 63.2 Å². The van der Waals surface area contributed by atoms with Gasteiger partial charge >= 0.3 is 0 Å². The van der Waals surface area contributed by atoms with Gasteiger partial charge in [-0.3, -0.25) is 4.79 Å². The first-order valence-corrected chi connectivity index (χ1v) is 7.47. The summed E-state index contributed by atoms with van der Waals surface area (Å²) in [6.07, 6.45) is 8.27. The lowest BCUT2D eigenvalue weighted by Gasteiger charge is -2.23. The zero-order chi connectivity index (χ0) is 12.4. The van der Waals surface area contributed by atoms with Crippen molar-refractivity contribution >= 4 is 5.91 Å². The largest absolute Gasteiger partial charge is 0.373 e. The molecule has 3 heterocycles. The standard InChI is InChI=1S/C14H24N2O2/c17-14(4-1-10-5-7-15-8-6-10)16-12-9-11-2-3-13(12)18-11/h10-13,15H,1-9H2,(H,16,17)/t11-,12-,13+/m1/s1. The first kappa shape index (κ1) is 12.4. The van der Waals surface area contributed by atoms with Gasteiger partial charge in [-0.25, -0.2) is 0 Å². The number of hydrogen-bond acceptors (Lipinski definition) is 3. The minimum Gasteiger partial charge on any atom is -0.373 e. The molecular formula is C14H24N2O2. The molecule has 18 heavy (non-hydrogen) atoms. The molecule has 0 aliphatic carbocycles. The van der Waals surface area contributed by atoms with Crippen molar-refractivity contribution in [1.82, 2.24) is 10.6 Å². The highest BCUT2D eigenvalue weighted by molar-refractivity contribution is 5.76. The van der Waals surface area contributed by atoms with Gasteiger partial charge < -0.3 is 15.4 Å². The van der Waals surface area contributed by atoms with E-state index in [1.165, 1.54) is 19.3 Å². The van der Waals surface area contributed by atoms with E-state index in [-0.39, 0.29) is 5.91 Å². The molecule has 3 saturated heterocycles. The molecule has 4 heteroatoms. The van der Waals surface area contributed by atoms with Crippen LogP contribution in [-0.4, -0.2) is 37.2 Å². The molecule has 3 fully saturated rings. The van der Waals surface area contributed by atoms with Gasteiger partial charge in [-0.05, 0) is 57.5 Å². The van der Waals surface area contributed by atoms with Crippen LogP contribution in [0.15, 0.2) is 0 Å². The quantitative estimate of drug-likeness (QED) is 0.790. The minimum absolute atomic E-state index is 0.231. The lowest BCUT2D eigenvalue weighted by Crippen LogP contribution is -2.41. The van der Waals surface area contributed by atoms with E-state index in [1.54, 1.807) is 0 Å². The number of carbonyl (C=O) groups is 1. The maximum absolute atomic E-state index is 11.9. The summed E-state index contributed by atoms with van der Waals surface area (Å²) in [5, 5.41) is 6.53. The lowest BCUT2D eigenvalue weighted by atomic mass is 9.92. The summed E-state index contributed by atoms with van der Waals surface area (Å²) in [5.74, 6) is 0.975. The molecule has 0 spiro atoms. The van der Waals surface area contributed by atoms with Gasteiger partial charge in [0.2, 0.25) is 5.91 Å². The van der Waals surface area contributed by atoms with Gasteiger partial charge in [0.05, 0.1) is 18.2 Å². The van der Waals surface area contributed by atoms with E-state index in [0.29, 0.717) is 24.7 Å². The average Bonchev–Trinajstić information content (AvgIpc) is 3.00. The predicted molar refractivity (Wildman–Crippen MR) is 69.3 cm³/mol. The van der Waals surface area contributed by atoms with Crippen LogP contribution in [0.4, 0.5) is 0 Å². The van der Waals surface area contributed by atoms with Crippen molar-refractivity contribution in [3.8, 4) is 0 Å². The van der Waals surface area contributed by atoms with Crippen LogP contribution in [0.3, 0.4) is 0 Å². The third kappa shape index (κ3) is 2.86. The Hall–Kier alpha value is -0.610. The topological polar surface area (TPSA) is 50.4 Å². The zero-order valence-electron chi connectivity index (χ0n) is 11.0. The van der Waals surface area contributed by atoms with Gasteiger partial charge in [0.15, 0.2) is 0 Å². The van der Waals surface area contributed by atoms with Crippen molar-refractivity contribution < 1.29 is 9.53 Å². The summed E-state index contributed by atoms with van der Waals surface area (Å²) < 4.78 is 5.76. The summed E-state index contributed by atoms with van der Waals surface area (Å²) >= 11 is 0. The van der Waals surface area contributed by atoms with E-state index in [1.807, 2.05) is 0 Å². The molecule has 0 unspecified atom stereocenters. The number of nitrogens with one attached hydrogen (secondary N) is 2. The zero-order valence-corrected chi connectivity index (χ0v) is 11.0. The average molecular weight is 252 g/mol. The Morgan fingerprint density at radius 3 is 2.72 bits per heavy atom. The molecule has 0 aromatic carbocycles. The van der Waals surface area contributed by atoms with Crippen molar-refractivity contribution in [3.63, 3.8) is 0 Å². The molecule has 2 bridgehead atoms. The highest BCUT2D eigenvalue weighted by Gasteiger charge is 2.41. The minimum atomic E-state index is 0.231. The third-order valence-corrected chi connectivity index (χ3v) is 4.69. The number of amides is 1.